The van der Waals surface area contributed by atoms with Gasteiger partial charge >= 0.3 is 6.09 Å². The molecule has 5 fully saturated rings. The summed E-state index contributed by atoms with van der Waals surface area (Å²) in [6.07, 6.45) is 9.92. The molecule has 7 heteroatoms. The highest BCUT2D eigenvalue weighted by molar-refractivity contribution is 5.93. The summed E-state index contributed by atoms with van der Waals surface area (Å²) in [5, 5.41) is 2.58. The molecule has 2 heterocycles. The van der Waals surface area contributed by atoms with Crippen LogP contribution in [0.15, 0.2) is 0 Å². The number of nitrogens with one attached hydrogen (secondary N) is 1. The first-order chi connectivity index (χ1) is 17.5. The van der Waals surface area contributed by atoms with Gasteiger partial charge in [-0.15, -0.1) is 12.3 Å². The first kappa shape index (κ1) is 26.7. The first-order valence-electron chi connectivity index (χ1n) is 14.2. The van der Waals surface area contributed by atoms with E-state index in [1.54, 1.807) is 7.11 Å². The lowest BCUT2D eigenvalue weighted by Gasteiger charge is -2.61. The Morgan fingerprint density at radius 3 is 2.51 bits per heavy atom. The molecule has 0 aromatic rings. The minimum Gasteiger partial charge on any atom is -0.445 e. The molecule has 3 saturated carbocycles. The highest BCUT2D eigenvalue weighted by atomic mass is 16.6. The monoisotopic (exact) mass is 512 g/mol. The molecule has 0 aromatic heterocycles. The number of fused-ring (bicyclic) bond motifs is 2. The maximum atomic E-state index is 14.1. The van der Waals surface area contributed by atoms with E-state index in [0.29, 0.717) is 25.3 Å². The topological polar surface area (TPSA) is 84.9 Å². The van der Waals surface area contributed by atoms with Gasteiger partial charge in [0, 0.05) is 49.3 Å². The quantitative estimate of drug-likeness (QED) is 0.572. The van der Waals surface area contributed by atoms with Crippen LogP contribution in [0.5, 0.6) is 0 Å². The number of hydrogen-bond donors (Lipinski definition) is 1. The zero-order chi connectivity index (χ0) is 26.8. The lowest BCUT2D eigenvalue weighted by Crippen LogP contribution is -2.63. The molecule has 2 aliphatic heterocycles. The van der Waals surface area contributed by atoms with Crippen LogP contribution in [0.3, 0.4) is 0 Å². The highest BCUT2D eigenvalue weighted by Crippen LogP contribution is 2.68. The number of piperidine rings is 1. The van der Waals surface area contributed by atoms with E-state index in [4.69, 9.17) is 15.9 Å². The Balaban J connectivity index is 1.48. The van der Waals surface area contributed by atoms with Crippen molar-refractivity contribution in [3.05, 3.63) is 0 Å². The van der Waals surface area contributed by atoms with Crippen molar-refractivity contribution in [2.45, 2.75) is 84.8 Å². The second-order valence-corrected chi connectivity index (χ2v) is 13.4. The largest absolute Gasteiger partial charge is 0.445 e. The van der Waals surface area contributed by atoms with Crippen molar-refractivity contribution >= 4 is 17.8 Å². The van der Waals surface area contributed by atoms with E-state index < -0.39 is 23.0 Å². The van der Waals surface area contributed by atoms with Crippen LogP contribution < -0.4 is 5.32 Å². The van der Waals surface area contributed by atoms with Crippen LogP contribution in [0.25, 0.3) is 0 Å². The maximum absolute atomic E-state index is 14.1. The zero-order valence-electron chi connectivity index (χ0n) is 23.2. The van der Waals surface area contributed by atoms with Gasteiger partial charge in [0.2, 0.25) is 5.91 Å². The number of alkyl carbamates (subject to hydrolysis) is 1. The molecule has 2 amide bonds. The minimum atomic E-state index is -0.803. The molecule has 37 heavy (non-hydrogen) atoms. The van der Waals surface area contributed by atoms with Gasteiger partial charge in [-0.3, -0.25) is 14.9 Å². The van der Waals surface area contributed by atoms with Gasteiger partial charge in [-0.25, -0.2) is 4.79 Å². The van der Waals surface area contributed by atoms with Gasteiger partial charge < -0.3 is 14.4 Å². The van der Waals surface area contributed by atoms with Crippen molar-refractivity contribution < 1.29 is 23.9 Å². The Bertz CT molecular complexity index is 1010. The summed E-state index contributed by atoms with van der Waals surface area (Å²) in [5.74, 6) is 3.00. The van der Waals surface area contributed by atoms with Gasteiger partial charge in [0.25, 0.3) is 0 Å². The van der Waals surface area contributed by atoms with Crippen LogP contribution in [0.2, 0.25) is 0 Å². The third-order valence-corrected chi connectivity index (χ3v) is 11.8. The van der Waals surface area contributed by atoms with Crippen molar-refractivity contribution in [2.75, 3.05) is 26.7 Å². The Labute approximate surface area is 221 Å². The predicted octanol–water partition coefficient (Wildman–Crippen LogP) is 4.05. The minimum absolute atomic E-state index is 0.00105. The maximum Gasteiger partial charge on any atom is 0.414 e. The van der Waals surface area contributed by atoms with E-state index in [0.717, 1.165) is 45.2 Å². The number of carbonyl (C=O) groups is 3. The van der Waals surface area contributed by atoms with E-state index in [2.05, 4.69) is 36.9 Å². The van der Waals surface area contributed by atoms with Gasteiger partial charge in [0.05, 0.1) is 12.0 Å². The number of Topliss-reactive ketones (excluding diaryl/α,β-unsaturated/α-hetero) is 1. The molecule has 5 rings (SSSR count). The molecule has 7 nitrogen and oxygen atoms in total. The van der Waals surface area contributed by atoms with Crippen LogP contribution in [0.1, 0.15) is 72.6 Å². The smallest absolute Gasteiger partial charge is 0.414 e. The fourth-order valence-corrected chi connectivity index (χ4v) is 9.48. The summed E-state index contributed by atoms with van der Waals surface area (Å²) in [4.78, 5) is 42.8. The number of amides is 2. The van der Waals surface area contributed by atoms with E-state index >= 15 is 0 Å². The molecular formula is C30H44N2O5. The number of ether oxygens (including phenoxy) is 2. The van der Waals surface area contributed by atoms with Gasteiger partial charge in [0.15, 0.2) is 0 Å². The third-order valence-electron chi connectivity index (χ3n) is 11.8. The van der Waals surface area contributed by atoms with Crippen molar-refractivity contribution in [1.29, 1.82) is 0 Å². The lowest BCUT2D eigenvalue weighted by atomic mass is 9.44. The number of rotatable bonds is 4. The summed E-state index contributed by atoms with van der Waals surface area (Å²) in [7, 11) is 1.76. The molecule has 5 aliphatic rings. The summed E-state index contributed by atoms with van der Waals surface area (Å²) in [6, 6.07) is 0. The van der Waals surface area contributed by atoms with Crippen LogP contribution in [-0.2, 0) is 19.1 Å². The summed E-state index contributed by atoms with van der Waals surface area (Å²) in [6.45, 7) is 11.2. The third kappa shape index (κ3) is 3.97. The average molecular weight is 513 g/mol. The molecule has 1 N–H and O–H groups in total. The van der Waals surface area contributed by atoms with Crippen LogP contribution >= 0.6 is 0 Å². The molecule has 4 bridgehead atoms. The molecule has 0 spiro atoms. The van der Waals surface area contributed by atoms with Crippen LogP contribution in [-0.4, -0.2) is 61.6 Å². The summed E-state index contributed by atoms with van der Waals surface area (Å²) >= 11 is 0. The lowest BCUT2D eigenvalue weighted by molar-refractivity contribution is -0.191. The van der Waals surface area contributed by atoms with Crippen molar-refractivity contribution in [3.8, 4) is 12.3 Å². The van der Waals surface area contributed by atoms with E-state index in [-0.39, 0.29) is 46.9 Å². The second-order valence-electron chi connectivity index (χ2n) is 13.4. The van der Waals surface area contributed by atoms with Crippen LogP contribution in [0.4, 0.5) is 4.79 Å². The van der Waals surface area contributed by atoms with E-state index in [9.17, 15) is 14.4 Å². The Hall–Kier alpha value is -1.91. The second kappa shape index (κ2) is 9.38. The van der Waals surface area contributed by atoms with Crippen molar-refractivity contribution in [1.82, 2.24) is 10.2 Å². The fourth-order valence-electron chi connectivity index (χ4n) is 9.48. The van der Waals surface area contributed by atoms with Crippen LogP contribution in [0, 0.1) is 58.2 Å². The molecule has 0 radical (unpaired) electrons. The molecule has 2 saturated heterocycles. The Morgan fingerprint density at radius 1 is 1.16 bits per heavy atom. The zero-order valence-corrected chi connectivity index (χ0v) is 23.2. The fraction of sp³-hybridized carbons (Fsp3) is 0.833. The number of hydrogen-bond acceptors (Lipinski definition) is 6. The number of nitrogens with zero attached hydrogens (tertiary/aromatic N) is 1. The van der Waals surface area contributed by atoms with E-state index in [1.807, 2.05) is 6.92 Å². The molecule has 11 atom stereocenters. The van der Waals surface area contributed by atoms with Crippen molar-refractivity contribution in [2.24, 2.45) is 45.8 Å². The highest BCUT2D eigenvalue weighted by Gasteiger charge is 2.68. The SMILES string of the molecule is C#CC[C@]1(C)C[C@@H](OC(=O)NC(=O)[C@H]2CN3CC[C@@H]2C3)[C@@]2(C)C3[C@H](OC)CCC3(CC[C@H]2C)[C@@H](C)C1=O. The normalized spacial score (nSPS) is 48.5. The first-order valence-corrected chi connectivity index (χ1v) is 14.2. The standard InChI is InChI=1S/C30H44N2O5/c1-7-11-28(4)15-23(37-27(35)31-26(34)21-17-32-14-10-20(21)16-32)29(5)18(2)8-12-30(19(3)25(28)33)13-9-22(36-6)24(29)30/h1,18-24H,8-17H2,2-6H3,(H,31,34,35)/t18-,19+,20-,21+,22-,23-,24?,28-,29+,30?/m1/s1. The number of carbonyl (C=O) groups excluding carboxylic acids is 3. The summed E-state index contributed by atoms with van der Waals surface area (Å²) in [5.41, 5.74) is -1.43. The number of methoxy groups -OCH3 is 1. The molecule has 204 valence electrons. The molecule has 3 unspecified atom stereocenters. The molecular weight excluding hydrogens is 468 g/mol. The number of terminal acetylenes is 1. The number of ketones is 1. The average Bonchev–Trinajstić information content (AvgIpc) is 3.59. The summed E-state index contributed by atoms with van der Waals surface area (Å²) < 4.78 is 12.3. The van der Waals surface area contributed by atoms with Gasteiger partial charge in [-0.2, -0.15) is 0 Å². The number of imide groups is 1. The van der Waals surface area contributed by atoms with Gasteiger partial charge in [0.1, 0.15) is 11.9 Å². The predicted molar refractivity (Wildman–Crippen MR) is 139 cm³/mol. The Morgan fingerprint density at radius 2 is 1.89 bits per heavy atom. The van der Waals surface area contributed by atoms with Gasteiger partial charge in [-0.1, -0.05) is 27.7 Å². The molecule has 0 aromatic carbocycles. The Kier molecular flexibility index (Phi) is 6.76. The van der Waals surface area contributed by atoms with E-state index in [1.165, 1.54) is 0 Å². The van der Waals surface area contributed by atoms with Gasteiger partial charge in [-0.05, 0) is 62.3 Å². The van der Waals surface area contributed by atoms with Crippen molar-refractivity contribution in [3.63, 3.8) is 0 Å². The molecule has 3 aliphatic carbocycles.